The number of halogens is 1. The number of hydrogen-bond donors (Lipinski definition) is 1. The lowest BCUT2D eigenvalue weighted by atomic mass is 10.0. The van der Waals surface area contributed by atoms with E-state index in [1.54, 1.807) is 14.2 Å². The fourth-order valence-electron chi connectivity index (χ4n) is 4.30. The van der Waals surface area contributed by atoms with Gasteiger partial charge in [-0.25, -0.2) is 4.67 Å². The average Bonchev–Trinajstić information content (AvgIpc) is 2.86. The van der Waals surface area contributed by atoms with Gasteiger partial charge in [-0.1, -0.05) is 28.1 Å². The Hall–Kier alpha value is -1.86. The van der Waals surface area contributed by atoms with Crippen molar-refractivity contribution in [2.24, 2.45) is 0 Å². The molecule has 0 radical (unpaired) electrons. The molecule has 0 saturated carbocycles. The molecule has 9 heteroatoms. The molecule has 204 valence electrons. The van der Waals surface area contributed by atoms with E-state index in [2.05, 4.69) is 21.2 Å². The standard InChI is InChI=1S/C28H40BrN2O5P/c1-27(2,3)37(33,36-19-28(4,5)29)31-13-11-23(12-14-31)30-26(32)21-10-8-9-20(15-21)22-16-24(34-6)18-25(17-22)35-7/h8-10,15-18,23H,11-14,19H2,1-7H3,(H,30,32). The number of carbonyl (C=O) groups is 1. The molecule has 0 aliphatic carbocycles. The van der Waals surface area contributed by atoms with Crippen molar-refractivity contribution in [2.45, 2.75) is 63.0 Å². The van der Waals surface area contributed by atoms with Crippen LogP contribution in [-0.4, -0.2) is 60.0 Å². The van der Waals surface area contributed by atoms with Crippen LogP contribution >= 0.6 is 23.4 Å². The zero-order chi connectivity index (χ0) is 27.4. The summed E-state index contributed by atoms with van der Waals surface area (Å²) in [5, 5.41) is 2.66. The lowest BCUT2D eigenvalue weighted by Gasteiger charge is -2.43. The van der Waals surface area contributed by atoms with Gasteiger partial charge in [0, 0.05) is 35.1 Å². The number of ether oxygens (including phenoxy) is 2. The number of piperidine rings is 1. The topological polar surface area (TPSA) is 77.1 Å². The van der Waals surface area contributed by atoms with E-state index in [-0.39, 0.29) is 16.3 Å². The van der Waals surface area contributed by atoms with E-state index in [9.17, 15) is 9.36 Å². The van der Waals surface area contributed by atoms with Crippen molar-refractivity contribution in [3.8, 4) is 22.6 Å². The van der Waals surface area contributed by atoms with E-state index < -0.39 is 12.7 Å². The Morgan fingerprint density at radius 1 is 1.00 bits per heavy atom. The number of hydrogen-bond acceptors (Lipinski definition) is 5. The maximum absolute atomic E-state index is 14.0. The van der Waals surface area contributed by atoms with Gasteiger partial charge in [-0.15, -0.1) is 0 Å². The van der Waals surface area contributed by atoms with Gasteiger partial charge in [0.15, 0.2) is 0 Å². The molecular formula is C28H40BrN2O5P. The molecule has 0 bridgehead atoms. The zero-order valence-corrected chi connectivity index (χ0v) is 25.4. The van der Waals surface area contributed by atoms with Gasteiger partial charge in [-0.3, -0.25) is 9.36 Å². The van der Waals surface area contributed by atoms with Gasteiger partial charge in [0.1, 0.15) is 11.5 Å². The highest BCUT2D eigenvalue weighted by atomic mass is 79.9. The fourth-order valence-corrected chi connectivity index (χ4v) is 7.24. The van der Waals surface area contributed by atoms with Crippen molar-refractivity contribution in [3.63, 3.8) is 0 Å². The van der Waals surface area contributed by atoms with E-state index in [0.29, 0.717) is 49.6 Å². The molecule has 1 amide bonds. The van der Waals surface area contributed by atoms with Crippen LogP contribution in [0.4, 0.5) is 0 Å². The molecule has 1 heterocycles. The summed E-state index contributed by atoms with van der Waals surface area (Å²) in [6.07, 6.45) is 1.42. The van der Waals surface area contributed by atoms with Crippen LogP contribution in [-0.2, 0) is 9.09 Å². The van der Waals surface area contributed by atoms with Gasteiger partial charge >= 0.3 is 0 Å². The normalized spacial score (nSPS) is 17.2. The van der Waals surface area contributed by atoms with Crippen molar-refractivity contribution in [1.82, 2.24) is 9.99 Å². The molecule has 1 saturated heterocycles. The number of nitrogens with zero attached hydrogens (tertiary/aromatic N) is 1. The van der Waals surface area contributed by atoms with Crippen LogP contribution in [0.1, 0.15) is 57.8 Å². The number of nitrogens with one attached hydrogen (secondary N) is 1. The first-order valence-electron chi connectivity index (χ1n) is 12.6. The van der Waals surface area contributed by atoms with Crippen LogP contribution in [0.15, 0.2) is 42.5 Å². The Balaban J connectivity index is 1.67. The average molecular weight is 596 g/mol. The first-order chi connectivity index (χ1) is 17.3. The summed E-state index contributed by atoms with van der Waals surface area (Å²) < 4.78 is 32.6. The predicted molar refractivity (Wildman–Crippen MR) is 153 cm³/mol. The lowest BCUT2D eigenvalue weighted by molar-refractivity contribution is 0.0921. The highest BCUT2D eigenvalue weighted by Crippen LogP contribution is 2.62. The summed E-state index contributed by atoms with van der Waals surface area (Å²) >= 11 is 3.59. The lowest BCUT2D eigenvalue weighted by Crippen LogP contribution is -2.45. The molecule has 1 atom stereocenters. The third-order valence-electron chi connectivity index (χ3n) is 6.42. The highest BCUT2D eigenvalue weighted by molar-refractivity contribution is 9.10. The van der Waals surface area contributed by atoms with Crippen LogP contribution in [0.25, 0.3) is 11.1 Å². The van der Waals surface area contributed by atoms with Crippen molar-refractivity contribution in [2.75, 3.05) is 33.9 Å². The van der Waals surface area contributed by atoms with Gasteiger partial charge in [0.05, 0.1) is 26.0 Å². The van der Waals surface area contributed by atoms with E-state index in [4.69, 9.17) is 14.0 Å². The van der Waals surface area contributed by atoms with Crippen molar-refractivity contribution in [1.29, 1.82) is 0 Å². The molecular weight excluding hydrogens is 555 g/mol. The largest absolute Gasteiger partial charge is 0.497 e. The number of carbonyl (C=O) groups excluding carboxylic acids is 1. The summed E-state index contributed by atoms with van der Waals surface area (Å²) in [7, 11) is 0.150. The molecule has 1 aliphatic heterocycles. The zero-order valence-electron chi connectivity index (χ0n) is 23.0. The van der Waals surface area contributed by atoms with Crippen molar-refractivity contribution in [3.05, 3.63) is 48.0 Å². The third-order valence-corrected chi connectivity index (χ3v) is 9.97. The van der Waals surface area contributed by atoms with Gasteiger partial charge < -0.3 is 19.3 Å². The van der Waals surface area contributed by atoms with Gasteiger partial charge in [-0.2, -0.15) is 0 Å². The highest BCUT2D eigenvalue weighted by Gasteiger charge is 2.45. The second-order valence-corrected chi connectivity index (χ2v) is 16.4. The number of methoxy groups -OCH3 is 2. The minimum atomic E-state index is -3.08. The minimum absolute atomic E-state index is 0.00496. The van der Waals surface area contributed by atoms with Crippen molar-refractivity contribution < 1.29 is 23.4 Å². The number of rotatable bonds is 9. The summed E-state index contributed by atoms with van der Waals surface area (Å²) in [5.74, 6) is 1.26. The summed E-state index contributed by atoms with van der Waals surface area (Å²) in [4.78, 5) is 13.1. The molecule has 1 fully saturated rings. The molecule has 0 aromatic heterocycles. The molecule has 1 unspecified atom stereocenters. The Morgan fingerprint density at radius 2 is 1.59 bits per heavy atom. The van der Waals surface area contributed by atoms with E-state index in [0.717, 1.165) is 11.1 Å². The second kappa shape index (κ2) is 11.9. The van der Waals surface area contributed by atoms with Crippen LogP contribution in [0.2, 0.25) is 0 Å². The molecule has 0 spiro atoms. The monoisotopic (exact) mass is 594 g/mol. The Kier molecular flexibility index (Phi) is 9.55. The number of benzene rings is 2. The molecule has 2 aromatic rings. The Labute approximate surface area is 229 Å². The van der Waals surface area contributed by atoms with Crippen LogP contribution in [0, 0.1) is 0 Å². The fraction of sp³-hybridized carbons (Fsp3) is 0.536. The summed E-state index contributed by atoms with van der Waals surface area (Å²) in [5.41, 5.74) is 2.39. The summed E-state index contributed by atoms with van der Waals surface area (Å²) in [6, 6.07) is 13.2. The van der Waals surface area contributed by atoms with Gasteiger partial charge in [-0.05, 0) is 82.9 Å². The first kappa shape index (κ1) is 29.7. The quantitative estimate of drug-likeness (QED) is 0.256. The maximum Gasteiger partial charge on any atom is 0.277 e. The minimum Gasteiger partial charge on any atom is -0.497 e. The first-order valence-corrected chi connectivity index (χ1v) is 15.0. The van der Waals surface area contributed by atoms with Crippen molar-refractivity contribution >= 4 is 29.4 Å². The van der Waals surface area contributed by atoms with E-state index >= 15 is 0 Å². The van der Waals surface area contributed by atoms with Gasteiger partial charge in [0.2, 0.25) is 0 Å². The molecule has 1 aliphatic rings. The van der Waals surface area contributed by atoms with E-state index in [1.807, 2.05) is 81.8 Å². The van der Waals surface area contributed by atoms with Gasteiger partial charge in [0.25, 0.3) is 13.4 Å². The number of amides is 1. The third kappa shape index (κ3) is 7.60. The number of alkyl halides is 1. The molecule has 37 heavy (non-hydrogen) atoms. The molecule has 2 aromatic carbocycles. The second-order valence-electron chi connectivity index (χ2n) is 11.1. The molecule has 3 rings (SSSR count). The SMILES string of the molecule is COc1cc(OC)cc(-c2cccc(C(=O)NC3CCN(P(=O)(OCC(C)(C)Br)C(C)(C)C)CC3)c2)c1. The smallest absolute Gasteiger partial charge is 0.277 e. The van der Waals surface area contributed by atoms with E-state index in [1.165, 1.54) is 0 Å². The molecule has 7 nitrogen and oxygen atoms in total. The summed E-state index contributed by atoms with van der Waals surface area (Å²) in [6.45, 7) is 11.5. The Morgan fingerprint density at radius 3 is 2.11 bits per heavy atom. The Bertz CT molecular complexity index is 1110. The maximum atomic E-state index is 14.0. The van der Waals surface area contributed by atoms with Crippen LogP contribution in [0.5, 0.6) is 11.5 Å². The molecule has 1 N–H and O–H groups in total. The predicted octanol–water partition coefficient (Wildman–Crippen LogP) is 6.75. The van der Waals surface area contributed by atoms with Crippen LogP contribution in [0.3, 0.4) is 0 Å². The van der Waals surface area contributed by atoms with Crippen LogP contribution < -0.4 is 14.8 Å².